The van der Waals surface area contributed by atoms with Crippen molar-refractivity contribution in [2.75, 3.05) is 24.6 Å². The average molecular weight is 291 g/mol. The molecule has 2 rings (SSSR count). The molecule has 0 aliphatic carbocycles. The number of nitrogens with zero attached hydrogens (tertiary/aromatic N) is 3. The fourth-order valence-corrected chi connectivity index (χ4v) is 1.86. The highest BCUT2D eigenvalue weighted by atomic mass is 19.4. The molecule has 0 amide bonds. The highest BCUT2D eigenvalue weighted by Gasteiger charge is 2.30. The van der Waals surface area contributed by atoms with Gasteiger partial charge in [0.2, 0.25) is 0 Å². The average Bonchev–Trinajstić information content (AvgIpc) is 2.88. The normalized spacial score (nSPS) is 15.4. The van der Waals surface area contributed by atoms with Crippen LogP contribution in [0.4, 0.5) is 19.0 Å². The molecule has 0 unspecified atom stereocenters. The summed E-state index contributed by atoms with van der Waals surface area (Å²) in [6.45, 7) is -0.279. The number of carboxylic acid groups (broad SMARTS) is 1. The number of rotatable bonds is 4. The largest absolute Gasteiger partial charge is 0.476 e. The first-order valence-corrected chi connectivity index (χ1v) is 5.91. The first-order chi connectivity index (χ1) is 9.37. The van der Waals surface area contributed by atoms with Crippen molar-refractivity contribution in [2.45, 2.75) is 19.0 Å². The highest BCUT2D eigenvalue weighted by Crippen LogP contribution is 2.28. The van der Waals surface area contributed by atoms with E-state index < -0.39 is 30.3 Å². The van der Waals surface area contributed by atoms with Crippen LogP contribution in [0.5, 0.6) is 5.88 Å². The Morgan fingerprint density at radius 2 is 2.05 bits per heavy atom. The van der Waals surface area contributed by atoms with Crippen LogP contribution in [0.2, 0.25) is 0 Å². The van der Waals surface area contributed by atoms with E-state index in [9.17, 15) is 18.0 Å². The second-order valence-electron chi connectivity index (χ2n) is 4.29. The van der Waals surface area contributed by atoms with Crippen molar-refractivity contribution in [1.29, 1.82) is 0 Å². The van der Waals surface area contributed by atoms with Crippen LogP contribution in [0.3, 0.4) is 0 Å². The zero-order valence-electron chi connectivity index (χ0n) is 10.4. The van der Waals surface area contributed by atoms with Gasteiger partial charge in [-0.25, -0.2) is 14.8 Å². The van der Waals surface area contributed by atoms with Crippen molar-refractivity contribution in [3.05, 3.63) is 11.9 Å². The molecule has 1 saturated heterocycles. The van der Waals surface area contributed by atoms with Crippen LogP contribution >= 0.6 is 0 Å². The third-order valence-corrected chi connectivity index (χ3v) is 2.72. The summed E-state index contributed by atoms with van der Waals surface area (Å²) in [6, 6.07) is 0. The minimum atomic E-state index is -4.52. The van der Waals surface area contributed by atoms with Gasteiger partial charge in [-0.15, -0.1) is 0 Å². The number of aromatic carboxylic acids is 1. The van der Waals surface area contributed by atoms with Crippen molar-refractivity contribution in [2.24, 2.45) is 0 Å². The number of aromatic nitrogens is 2. The quantitative estimate of drug-likeness (QED) is 0.910. The molecule has 0 saturated carbocycles. The maximum Gasteiger partial charge on any atom is 0.422 e. The Kier molecular flexibility index (Phi) is 3.96. The highest BCUT2D eigenvalue weighted by molar-refractivity contribution is 5.85. The van der Waals surface area contributed by atoms with Crippen LogP contribution in [0, 0.1) is 0 Å². The minimum absolute atomic E-state index is 0.150. The Bertz CT molecular complexity index is 501. The van der Waals surface area contributed by atoms with Gasteiger partial charge in [0, 0.05) is 13.1 Å². The molecule has 1 fully saturated rings. The molecule has 20 heavy (non-hydrogen) atoms. The summed E-state index contributed by atoms with van der Waals surface area (Å²) >= 11 is 0. The monoisotopic (exact) mass is 291 g/mol. The fourth-order valence-electron chi connectivity index (χ4n) is 1.86. The number of ether oxygens (including phenoxy) is 1. The lowest BCUT2D eigenvalue weighted by Crippen LogP contribution is -2.24. The second-order valence-corrected chi connectivity index (χ2v) is 4.29. The van der Waals surface area contributed by atoms with Crippen molar-refractivity contribution < 1.29 is 27.8 Å². The number of alkyl halides is 3. The molecule has 9 heteroatoms. The van der Waals surface area contributed by atoms with Crippen molar-refractivity contribution in [1.82, 2.24) is 9.97 Å². The van der Waals surface area contributed by atoms with Crippen molar-refractivity contribution in [3.63, 3.8) is 0 Å². The molecule has 0 bridgehead atoms. The van der Waals surface area contributed by atoms with Gasteiger partial charge in [0.15, 0.2) is 18.1 Å². The summed E-state index contributed by atoms with van der Waals surface area (Å²) in [6.07, 6.45) is -1.73. The number of halogens is 3. The van der Waals surface area contributed by atoms with Gasteiger partial charge in [-0.05, 0) is 12.8 Å². The topological polar surface area (TPSA) is 75.5 Å². The molecule has 0 aromatic carbocycles. The van der Waals surface area contributed by atoms with E-state index in [0.29, 0.717) is 13.1 Å². The lowest BCUT2D eigenvalue weighted by atomic mass is 10.4. The molecule has 110 valence electrons. The van der Waals surface area contributed by atoms with Gasteiger partial charge in [-0.1, -0.05) is 0 Å². The number of hydrogen-bond donors (Lipinski definition) is 1. The molecule has 0 atom stereocenters. The Hall–Kier alpha value is -2.06. The van der Waals surface area contributed by atoms with Gasteiger partial charge in [-0.3, -0.25) is 0 Å². The summed E-state index contributed by atoms with van der Waals surface area (Å²) < 4.78 is 41.2. The van der Waals surface area contributed by atoms with Gasteiger partial charge in [0.25, 0.3) is 5.88 Å². The molecule has 6 nitrogen and oxygen atoms in total. The number of hydrogen-bond acceptors (Lipinski definition) is 5. The first kappa shape index (κ1) is 14.4. The number of carbonyl (C=O) groups is 1. The van der Waals surface area contributed by atoms with E-state index in [0.717, 1.165) is 19.0 Å². The van der Waals surface area contributed by atoms with E-state index >= 15 is 0 Å². The molecule has 1 aliphatic heterocycles. The van der Waals surface area contributed by atoms with Crippen LogP contribution in [0.25, 0.3) is 0 Å². The molecule has 2 heterocycles. The summed E-state index contributed by atoms with van der Waals surface area (Å²) in [5.41, 5.74) is -0.454. The lowest BCUT2D eigenvalue weighted by molar-refractivity contribution is -0.154. The smallest absolute Gasteiger partial charge is 0.422 e. The fraction of sp³-hybridized carbons (Fsp3) is 0.545. The molecular formula is C11H12F3N3O3. The van der Waals surface area contributed by atoms with Gasteiger partial charge in [0.05, 0.1) is 6.20 Å². The molecule has 1 N–H and O–H groups in total. The Morgan fingerprint density at radius 3 is 2.60 bits per heavy atom. The van der Waals surface area contributed by atoms with Crippen LogP contribution in [0.15, 0.2) is 6.20 Å². The summed E-state index contributed by atoms with van der Waals surface area (Å²) in [5.74, 6) is -1.62. The number of anilines is 1. The number of carboxylic acids is 1. The van der Waals surface area contributed by atoms with Crippen LogP contribution in [-0.4, -0.2) is 46.9 Å². The van der Waals surface area contributed by atoms with Gasteiger partial charge in [-0.2, -0.15) is 13.2 Å². The lowest BCUT2D eigenvalue weighted by Gasteiger charge is -2.19. The molecule has 1 aliphatic rings. The van der Waals surface area contributed by atoms with E-state index in [1.165, 1.54) is 0 Å². The van der Waals surface area contributed by atoms with Crippen LogP contribution in [-0.2, 0) is 0 Å². The Labute approximate surface area is 112 Å². The SMILES string of the molecule is O=C(O)c1cnc(N2CCCC2)c(OCC(F)(F)F)n1. The zero-order chi connectivity index (χ0) is 14.8. The predicted octanol–water partition coefficient (Wildman–Crippen LogP) is 1.72. The molecule has 0 spiro atoms. The molecular weight excluding hydrogens is 279 g/mol. The predicted molar refractivity (Wildman–Crippen MR) is 62.0 cm³/mol. The van der Waals surface area contributed by atoms with Crippen molar-refractivity contribution >= 4 is 11.8 Å². The Balaban J connectivity index is 2.27. The van der Waals surface area contributed by atoms with Gasteiger partial charge < -0.3 is 14.7 Å². The minimum Gasteiger partial charge on any atom is -0.476 e. The van der Waals surface area contributed by atoms with Crippen LogP contribution in [0.1, 0.15) is 23.3 Å². The van der Waals surface area contributed by atoms with E-state index in [-0.39, 0.29) is 5.82 Å². The third kappa shape index (κ3) is 3.49. The van der Waals surface area contributed by atoms with E-state index in [2.05, 4.69) is 14.7 Å². The standard InChI is InChI=1S/C11H12F3N3O3/c12-11(13,14)6-20-9-8(17-3-1-2-4-17)15-5-7(16-9)10(18)19/h5H,1-4,6H2,(H,18,19). The maximum atomic E-state index is 12.2. The van der Waals surface area contributed by atoms with E-state index in [1.807, 2.05) is 0 Å². The third-order valence-electron chi connectivity index (χ3n) is 2.72. The summed E-state index contributed by atoms with van der Waals surface area (Å²) in [4.78, 5) is 20.0. The van der Waals surface area contributed by atoms with E-state index in [1.54, 1.807) is 4.90 Å². The van der Waals surface area contributed by atoms with Crippen LogP contribution < -0.4 is 9.64 Å². The summed E-state index contributed by atoms with van der Waals surface area (Å²) in [5, 5.41) is 8.80. The zero-order valence-corrected chi connectivity index (χ0v) is 10.4. The van der Waals surface area contributed by atoms with Crippen molar-refractivity contribution in [3.8, 4) is 5.88 Å². The first-order valence-electron chi connectivity index (χ1n) is 5.91. The van der Waals surface area contributed by atoms with Gasteiger partial charge in [0.1, 0.15) is 0 Å². The molecule has 1 aromatic rings. The second kappa shape index (κ2) is 5.51. The molecule has 0 radical (unpaired) electrons. The Morgan fingerprint density at radius 1 is 1.40 bits per heavy atom. The van der Waals surface area contributed by atoms with Gasteiger partial charge >= 0.3 is 12.1 Å². The van der Waals surface area contributed by atoms with E-state index in [4.69, 9.17) is 5.11 Å². The maximum absolute atomic E-state index is 12.2. The summed E-state index contributed by atoms with van der Waals surface area (Å²) in [7, 11) is 0. The molecule has 1 aromatic heterocycles.